The first-order valence-electron chi connectivity index (χ1n) is 5.74. The van der Waals surface area contributed by atoms with Crippen LogP contribution in [0.2, 0.25) is 0 Å². The van der Waals surface area contributed by atoms with Crippen molar-refractivity contribution >= 4 is 5.78 Å². The van der Waals surface area contributed by atoms with E-state index in [9.17, 15) is 9.18 Å². The monoisotopic (exact) mass is 238 g/mol. The summed E-state index contributed by atoms with van der Waals surface area (Å²) in [4.78, 5) is 11.7. The number of rotatable bonds is 4. The van der Waals surface area contributed by atoms with Crippen molar-refractivity contribution < 1.29 is 18.7 Å². The molecule has 1 aromatic rings. The van der Waals surface area contributed by atoms with Gasteiger partial charge in [-0.3, -0.25) is 4.79 Å². The zero-order chi connectivity index (χ0) is 12.1. The molecule has 17 heavy (non-hydrogen) atoms. The molecule has 0 bridgehead atoms. The second-order valence-electron chi connectivity index (χ2n) is 4.06. The minimum atomic E-state index is -0.401. The van der Waals surface area contributed by atoms with Crippen LogP contribution in [0.3, 0.4) is 0 Å². The molecular weight excluding hydrogens is 223 g/mol. The highest BCUT2D eigenvalue weighted by molar-refractivity contribution is 5.97. The van der Waals surface area contributed by atoms with Crippen molar-refractivity contribution in [1.29, 1.82) is 0 Å². The number of benzene rings is 1. The van der Waals surface area contributed by atoms with Crippen LogP contribution in [0.25, 0.3) is 0 Å². The summed E-state index contributed by atoms with van der Waals surface area (Å²) in [5, 5.41) is 0. The zero-order valence-electron chi connectivity index (χ0n) is 9.52. The first kappa shape index (κ1) is 12.2. The standard InChI is InChI=1S/C13H15FO3/c14-11-3-1-2-10(8-11)13(15)9-17-12-4-6-16-7-5-12/h1-3,8,12H,4-7,9H2. The largest absolute Gasteiger partial charge is 0.381 e. The molecule has 0 spiro atoms. The van der Waals surface area contributed by atoms with Crippen molar-refractivity contribution in [2.24, 2.45) is 0 Å². The fraction of sp³-hybridized carbons (Fsp3) is 0.462. The molecule has 0 amide bonds. The molecule has 1 aromatic carbocycles. The molecule has 2 rings (SSSR count). The van der Waals surface area contributed by atoms with Crippen LogP contribution in [-0.2, 0) is 9.47 Å². The van der Waals surface area contributed by atoms with Gasteiger partial charge < -0.3 is 9.47 Å². The van der Waals surface area contributed by atoms with E-state index in [1.54, 1.807) is 6.07 Å². The van der Waals surface area contributed by atoms with Crippen LogP contribution in [-0.4, -0.2) is 31.7 Å². The van der Waals surface area contributed by atoms with E-state index in [1.807, 2.05) is 0 Å². The first-order valence-corrected chi connectivity index (χ1v) is 5.74. The van der Waals surface area contributed by atoms with Gasteiger partial charge in [0.05, 0.1) is 6.10 Å². The van der Waals surface area contributed by atoms with Gasteiger partial charge in [-0.2, -0.15) is 0 Å². The molecule has 1 aliphatic heterocycles. The van der Waals surface area contributed by atoms with Gasteiger partial charge in [0, 0.05) is 18.8 Å². The van der Waals surface area contributed by atoms with Gasteiger partial charge >= 0.3 is 0 Å². The van der Waals surface area contributed by atoms with Crippen LogP contribution in [0.4, 0.5) is 4.39 Å². The van der Waals surface area contributed by atoms with Crippen molar-refractivity contribution in [1.82, 2.24) is 0 Å². The Morgan fingerprint density at radius 3 is 2.88 bits per heavy atom. The lowest BCUT2D eigenvalue weighted by atomic mass is 10.1. The molecule has 0 radical (unpaired) electrons. The lowest BCUT2D eigenvalue weighted by molar-refractivity contribution is -0.0262. The summed E-state index contributed by atoms with van der Waals surface area (Å²) in [6, 6.07) is 5.67. The number of hydrogen-bond acceptors (Lipinski definition) is 3. The predicted octanol–water partition coefficient (Wildman–Crippen LogP) is 2.20. The Bertz CT molecular complexity index is 386. The Labute approximate surface area is 99.5 Å². The molecule has 0 atom stereocenters. The van der Waals surface area contributed by atoms with Crippen LogP contribution in [0, 0.1) is 5.82 Å². The molecule has 1 saturated heterocycles. The van der Waals surface area contributed by atoms with E-state index in [2.05, 4.69) is 0 Å². The SMILES string of the molecule is O=C(COC1CCOCC1)c1cccc(F)c1. The highest BCUT2D eigenvalue weighted by atomic mass is 19.1. The summed E-state index contributed by atoms with van der Waals surface area (Å²) in [6.45, 7) is 1.37. The third-order valence-electron chi connectivity index (χ3n) is 2.77. The number of ketones is 1. The second kappa shape index (κ2) is 5.89. The fourth-order valence-corrected chi connectivity index (χ4v) is 1.78. The molecule has 0 aliphatic carbocycles. The zero-order valence-corrected chi connectivity index (χ0v) is 9.52. The lowest BCUT2D eigenvalue weighted by Crippen LogP contribution is -2.25. The molecule has 0 saturated carbocycles. The van der Waals surface area contributed by atoms with Crippen molar-refractivity contribution in [2.75, 3.05) is 19.8 Å². The molecule has 0 N–H and O–H groups in total. The van der Waals surface area contributed by atoms with Crippen molar-refractivity contribution in [3.05, 3.63) is 35.6 Å². The fourth-order valence-electron chi connectivity index (χ4n) is 1.78. The molecule has 0 unspecified atom stereocenters. The third kappa shape index (κ3) is 3.61. The summed E-state index contributed by atoms with van der Waals surface area (Å²) in [5.74, 6) is -0.585. The van der Waals surface area contributed by atoms with Crippen molar-refractivity contribution in [3.63, 3.8) is 0 Å². The molecule has 0 aromatic heterocycles. The van der Waals surface area contributed by atoms with Crippen molar-refractivity contribution in [2.45, 2.75) is 18.9 Å². The van der Waals surface area contributed by atoms with E-state index >= 15 is 0 Å². The van der Waals surface area contributed by atoms with Crippen molar-refractivity contribution in [3.8, 4) is 0 Å². The topological polar surface area (TPSA) is 35.5 Å². The Kier molecular flexibility index (Phi) is 4.23. The number of carbonyl (C=O) groups excluding carboxylic acids is 1. The number of ether oxygens (including phenoxy) is 2. The second-order valence-corrected chi connectivity index (χ2v) is 4.06. The Morgan fingerprint density at radius 2 is 2.18 bits per heavy atom. The van der Waals surface area contributed by atoms with Gasteiger partial charge in [-0.05, 0) is 25.0 Å². The minimum absolute atomic E-state index is 0.00806. The summed E-state index contributed by atoms with van der Waals surface area (Å²) in [7, 11) is 0. The van der Waals surface area contributed by atoms with Crippen LogP contribution in [0.1, 0.15) is 23.2 Å². The van der Waals surface area contributed by atoms with Crippen LogP contribution in [0.15, 0.2) is 24.3 Å². The van der Waals surface area contributed by atoms with E-state index in [0.717, 1.165) is 12.8 Å². The quantitative estimate of drug-likeness (QED) is 0.754. The summed E-state index contributed by atoms with van der Waals surface area (Å²) < 4.78 is 23.6. The molecule has 92 valence electrons. The molecular formula is C13H15FO3. The summed E-state index contributed by atoms with van der Waals surface area (Å²) >= 11 is 0. The maximum absolute atomic E-state index is 12.9. The van der Waals surface area contributed by atoms with E-state index in [0.29, 0.717) is 18.8 Å². The smallest absolute Gasteiger partial charge is 0.188 e. The van der Waals surface area contributed by atoms with Gasteiger partial charge in [0.2, 0.25) is 0 Å². The van der Waals surface area contributed by atoms with E-state index in [1.165, 1.54) is 18.2 Å². The molecule has 1 heterocycles. The Morgan fingerprint density at radius 1 is 1.41 bits per heavy atom. The molecule has 3 nitrogen and oxygen atoms in total. The predicted molar refractivity (Wildman–Crippen MR) is 60.5 cm³/mol. The van der Waals surface area contributed by atoms with Crippen LogP contribution < -0.4 is 0 Å². The van der Waals surface area contributed by atoms with E-state index < -0.39 is 5.82 Å². The van der Waals surface area contributed by atoms with Gasteiger partial charge in [-0.25, -0.2) is 4.39 Å². The van der Waals surface area contributed by atoms with E-state index in [4.69, 9.17) is 9.47 Å². The maximum Gasteiger partial charge on any atom is 0.188 e. The number of carbonyl (C=O) groups is 1. The third-order valence-corrected chi connectivity index (χ3v) is 2.77. The lowest BCUT2D eigenvalue weighted by Gasteiger charge is -2.21. The average molecular weight is 238 g/mol. The van der Waals surface area contributed by atoms with Gasteiger partial charge in [0.25, 0.3) is 0 Å². The number of Topliss-reactive ketones (excluding diaryl/α,β-unsaturated/α-hetero) is 1. The van der Waals surface area contributed by atoms with Gasteiger partial charge in [0.15, 0.2) is 5.78 Å². The normalized spacial score (nSPS) is 17.0. The first-order chi connectivity index (χ1) is 8.25. The van der Waals surface area contributed by atoms with Crippen LogP contribution >= 0.6 is 0 Å². The van der Waals surface area contributed by atoms with E-state index in [-0.39, 0.29) is 18.5 Å². The maximum atomic E-state index is 12.9. The van der Waals surface area contributed by atoms with Crippen LogP contribution in [0.5, 0.6) is 0 Å². The van der Waals surface area contributed by atoms with Gasteiger partial charge in [-0.1, -0.05) is 12.1 Å². The minimum Gasteiger partial charge on any atom is -0.381 e. The molecule has 4 heteroatoms. The number of hydrogen-bond donors (Lipinski definition) is 0. The Hall–Kier alpha value is -1.26. The van der Waals surface area contributed by atoms with Gasteiger partial charge in [0.1, 0.15) is 12.4 Å². The van der Waals surface area contributed by atoms with Gasteiger partial charge in [-0.15, -0.1) is 0 Å². The number of halogens is 1. The average Bonchev–Trinajstić information content (AvgIpc) is 2.37. The molecule has 1 fully saturated rings. The highest BCUT2D eigenvalue weighted by Crippen LogP contribution is 2.12. The summed E-state index contributed by atoms with van der Waals surface area (Å²) in [6.07, 6.45) is 1.72. The highest BCUT2D eigenvalue weighted by Gasteiger charge is 2.16. The Balaban J connectivity index is 1.84. The molecule has 1 aliphatic rings. The summed E-state index contributed by atoms with van der Waals surface area (Å²) in [5.41, 5.74) is 0.358.